The van der Waals surface area contributed by atoms with Crippen LogP contribution in [0.4, 0.5) is 10.5 Å². The topological polar surface area (TPSA) is 125 Å². The van der Waals surface area contributed by atoms with E-state index in [-0.39, 0.29) is 18.7 Å². The third kappa shape index (κ3) is 5.45. The van der Waals surface area contributed by atoms with Crippen LogP contribution in [0.5, 0.6) is 0 Å². The van der Waals surface area contributed by atoms with Gasteiger partial charge in [-0.05, 0) is 17.2 Å². The number of non-ortho nitro benzene ring substituents is 1. The SMILES string of the molecule is NC(=O)NC(CC(=O)OCc1cccc([N+](=O)[O-])c1)c1ccccc1Cl. The van der Waals surface area contributed by atoms with E-state index in [4.69, 9.17) is 22.1 Å². The molecule has 8 nitrogen and oxygen atoms in total. The highest BCUT2D eigenvalue weighted by atomic mass is 35.5. The van der Waals surface area contributed by atoms with Gasteiger partial charge in [0, 0.05) is 17.2 Å². The van der Waals surface area contributed by atoms with E-state index < -0.39 is 23.0 Å². The first-order chi connectivity index (χ1) is 12.4. The van der Waals surface area contributed by atoms with E-state index in [2.05, 4.69) is 5.32 Å². The molecule has 1 unspecified atom stereocenters. The molecule has 0 aliphatic rings. The maximum Gasteiger partial charge on any atom is 0.312 e. The van der Waals surface area contributed by atoms with Crippen LogP contribution in [-0.4, -0.2) is 16.9 Å². The molecule has 0 aliphatic heterocycles. The lowest BCUT2D eigenvalue weighted by Gasteiger charge is -2.18. The van der Waals surface area contributed by atoms with Crippen LogP contribution >= 0.6 is 11.6 Å². The number of rotatable bonds is 7. The molecule has 0 saturated heterocycles. The highest BCUT2D eigenvalue weighted by Gasteiger charge is 2.20. The van der Waals surface area contributed by atoms with Crippen LogP contribution in [0.2, 0.25) is 5.02 Å². The van der Waals surface area contributed by atoms with Gasteiger partial charge in [-0.3, -0.25) is 14.9 Å². The molecule has 9 heteroatoms. The van der Waals surface area contributed by atoms with E-state index in [1.54, 1.807) is 30.3 Å². The van der Waals surface area contributed by atoms with Gasteiger partial charge in [0.05, 0.1) is 17.4 Å². The Hall–Kier alpha value is -3.13. The Morgan fingerprint density at radius 1 is 1.23 bits per heavy atom. The molecule has 0 saturated carbocycles. The minimum Gasteiger partial charge on any atom is -0.461 e. The molecule has 0 radical (unpaired) electrons. The average molecular weight is 378 g/mol. The summed E-state index contributed by atoms with van der Waals surface area (Å²) >= 11 is 6.10. The van der Waals surface area contributed by atoms with Crippen molar-refractivity contribution in [1.29, 1.82) is 0 Å². The zero-order valence-electron chi connectivity index (χ0n) is 13.6. The van der Waals surface area contributed by atoms with Crippen molar-refractivity contribution >= 4 is 29.3 Å². The molecule has 26 heavy (non-hydrogen) atoms. The summed E-state index contributed by atoms with van der Waals surface area (Å²) < 4.78 is 5.14. The highest BCUT2D eigenvalue weighted by Crippen LogP contribution is 2.25. The van der Waals surface area contributed by atoms with Gasteiger partial charge >= 0.3 is 12.0 Å². The monoisotopic (exact) mass is 377 g/mol. The van der Waals surface area contributed by atoms with Crippen molar-refractivity contribution in [3.63, 3.8) is 0 Å². The molecule has 0 fully saturated rings. The van der Waals surface area contributed by atoms with Gasteiger partial charge in [-0.15, -0.1) is 0 Å². The van der Waals surface area contributed by atoms with Crippen LogP contribution in [0.1, 0.15) is 23.6 Å². The molecule has 0 bridgehead atoms. The third-order valence-corrected chi connectivity index (χ3v) is 3.83. The zero-order valence-corrected chi connectivity index (χ0v) is 14.3. The first-order valence-electron chi connectivity index (χ1n) is 7.56. The van der Waals surface area contributed by atoms with Crippen LogP contribution in [0, 0.1) is 10.1 Å². The van der Waals surface area contributed by atoms with E-state index in [1.807, 2.05) is 0 Å². The number of carbonyl (C=O) groups excluding carboxylic acids is 2. The lowest BCUT2D eigenvalue weighted by atomic mass is 10.0. The van der Waals surface area contributed by atoms with E-state index in [0.29, 0.717) is 16.1 Å². The molecule has 2 aromatic rings. The average Bonchev–Trinajstić information content (AvgIpc) is 2.59. The lowest BCUT2D eigenvalue weighted by molar-refractivity contribution is -0.384. The van der Waals surface area contributed by atoms with Gasteiger partial charge in [0.25, 0.3) is 5.69 Å². The fourth-order valence-electron chi connectivity index (χ4n) is 2.32. The van der Waals surface area contributed by atoms with Crippen molar-refractivity contribution in [2.75, 3.05) is 0 Å². The Bertz CT molecular complexity index is 828. The maximum absolute atomic E-state index is 12.1. The number of nitro benzene ring substituents is 1. The van der Waals surface area contributed by atoms with Crippen LogP contribution in [-0.2, 0) is 16.1 Å². The zero-order chi connectivity index (χ0) is 19.1. The van der Waals surface area contributed by atoms with Crippen molar-refractivity contribution in [3.05, 3.63) is 74.8 Å². The Kier molecular flexibility index (Phi) is 6.51. The predicted molar refractivity (Wildman–Crippen MR) is 94.4 cm³/mol. The number of nitrogens with one attached hydrogen (secondary N) is 1. The molecule has 2 amide bonds. The molecule has 0 aliphatic carbocycles. The van der Waals surface area contributed by atoms with E-state index >= 15 is 0 Å². The summed E-state index contributed by atoms with van der Waals surface area (Å²) in [4.78, 5) is 33.6. The smallest absolute Gasteiger partial charge is 0.312 e. The van der Waals surface area contributed by atoms with Gasteiger partial charge < -0.3 is 15.8 Å². The van der Waals surface area contributed by atoms with Gasteiger partial charge in [-0.1, -0.05) is 41.9 Å². The number of hydrogen-bond acceptors (Lipinski definition) is 5. The minimum absolute atomic E-state index is 0.0945. The standard InChI is InChI=1S/C17H16ClN3O5/c18-14-7-2-1-6-13(14)15(20-17(19)23)9-16(22)26-10-11-4-3-5-12(8-11)21(24)25/h1-8,15H,9-10H2,(H3,19,20,23). The predicted octanol–water partition coefficient (Wildman–Crippen LogP) is 3.09. The largest absolute Gasteiger partial charge is 0.461 e. The van der Waals surface area contributed by atoms with E-state index in [1.165, 1.54) is 18.2 Å². The number of primary amides is 1. The summed E-state index contributed by atoms with van der Waals surface area (Å²) in [5, 5.41) is 13.6. The second-order valence-electron chi connectivity index (χ2n) is 5.37. The summed E-state index contributed by atoms with van der Waals surface area (Å²) in [5.41, 5.74) is 6.07. The normalized spacial score (nSPS) is 11.4. The van der Waals surface area contributed by atoms with Gasteiger partial charge in [0.2, 0.25) is 0 Å². The molecule has 2 aromatic carbocycles. The minimum atomic E-state index is -0.804. The van der Waals surface area contributed by atoms with Gasteiger partial charge in [-0.2, -0.15) is 0 Å². The number of halogens is 1. The fourth-order valence-corrected chi connectivity index (χ4v) is 2.58. The first-order valence-corrected chi connectivity index (χ1v) is 7.94. The van der Waals surface area contributed by atoms with Crippen LogP contribution in [0.3, 0.4) is 0 Å². The Morgan fingerprint density at radius 2 is 1.96 bits per heavy atom. The van der Waals surface area contributed by atoms with Crippen molar-refractivity contribution < 1.29 is 19.2 Å². The summed E-state index contributed by atoms with van der Waals surface area (Å²) in [6.45, 7) is -0.133. The molecule has 1 atom stereocenters. The third-order valence-electron chi connectivity index (χ3n) is 3.49. The molecule has 0 aromatic heterocycles. The van der Waals surface area contributed by atoms with Crippen LogP contribution in [0.25, 0.3) is 0 Å². The van der Waals surface area contributed by atoms with Gasteiger partial charge in [-0.25, -0.2) is 4.79 Å². The van der Waals surface area contributed by atoms with Crippen molar-refractivity contribution in [2.24, 2.45) is 5.73 Å². The number of urea groups is 1. The summed E-state index contributed by atoms with van der Waals surface area (Å²) in [5.74, 6) is -0.616. The molecular weight excluding hydrogens is 362 g/mol. The molecule has 136 valence electrons. The van der Waals surface area contributed by atoms with Crippen molar-refractivity contribution in [2.45, 2.75) is 19.1 Å². The van der Waals surface area contributed by atoms with Crippen molar-refractivity contribution in [3.8, 4) is 0 Å². The van der Waals surface area contributed by atoms with Crippen LogP contribution < -0.4 is 11.1 Å². The number of nitrogens with zero attached hydrogens (tertiary/aromatic N) is 1. The van der Waals surface area contributed by atoms with Gasteiger partial charge in [0.1, 0.15) is 6.61 Å². The highest BCUT2D eigenvalue weighted by molar-refractivity contribution is 6.31. The quantitative estimate of drug-likeness (QED) is 0.435. The van der Waals surface area contributed by atoms with E-state index in [0.717, 1.165) is 0 Å². The second-order valence-corrected chi connectivity index (χ2v) is 5.78. The molecule has 0 spiro atoms. The molecule has 3 N–H and O–H groups in total. The number of hydrogen-bond donors (Lipinski definition) is 2. The Balaban J connectivity index is 2.03. The Labute approximate surface area is 154 Å². The number of nitrogens with two attached hydrogens (primary N) is 1. The molecule has 2 rings (SSSR count). The summed E-state index contributed by atoms with van der Waals surface area (Å²) in [6.07, 6.45) is -0.193. The van der Waals surface area contributed by atoms with Gasteiger partial charge in [0.15, 0.2) is 0 Å². The Morgan fingerprint density at radius 3 is 2.62 bits per heavy atom. The molecular formula is C17H16ClN3O5. The number of ether oxygens (including phenoxy) is 1. The number of nitro groups is 1. The number of benzene rings is 2. The first kappa shape index (κ1) is 19.2. The maximum atomic E-state index is 12.1. The summed E-state index contributed by atoms with van der Waals surface area (Å²) in [7, 11) is 0. The lowest BCUT2D eigenvalue weighted by Crippen LogP contribution is -2.34. The number of esters is 1. The van der Waals surface area contributed by atoms with Crippen molar-refractivity contribution in [1.82, 2.24) is 5.32 Å². The number of carbonyl (C=O) groups is 2. The summed E-state index contributed by atoms with van der Waals surface area (Å²) in [6, 6.07) is 10.9. The van der Waals surface area contributed by atoms with E-state index in [9.17, 15) is 19.7 Å². The molecule has 0 heterocycles. The van der Waals surface area contributed by atoms with Crippen LogP contribution in [0.15, 0.2) is 48.5 Å². The fraction of sp³-hybridized carbons (Fsp3) is 0.176. The second kappa shape index (κ2) is 8.82. The number of amides is 2.